The van der Waals surface area contributed by atoms with Crippen molar-refractivity contribution in [3.05, 3.63) is 29.3 Å². The first-order chi connectivity index (χ1) is 10.2. The number of rotatable bonds is 7. The smallest absolute Gasteiger partial charge is 0.122 e. The van der Waals surface area contributed by atoms with Crippen LogP contribution in [0.15, 0.2) is 18.2 Å². The number of methoxy groups -OCH3 is 1. The Morgan fingerprint density at radius 3 is 3.00 bits per heavy atom. The highest BCUT2D eigenvalue weighted by Gasteiger charge is 2.25. The third-order valence-corrected chi connectivity index (χ3v) is 4.84. The fourth-order valence-corrected chi connectivity index (χ4v) is 3.65. The normalized spacial score (nSPS) is 20.2. The number of benzene rings is 1. The minimum absolute atomic E-state index is 0.292. The van der Waals surface area contributed by atoms with E-state index in [0.717, 1.165) is 43.2 Å². The van der Waals surface area contributed by atoms with Gasteiger partial charge in [0.15, 0.2) is 0 Å². The van der Waals surface area contributed by atoms with Crippen LogP contribution in [0.2, 0.25) is 0 Å². The Morgan fingerprint density at radius 2 is 2.33 bits per heavy atom. The molecule has 2 unspecified atom stereocenters. The van der Waals surface area contributed by atoms with E-state index in [4.69, 9.17) is 9.47 Å². The lowest BCUT2D eigenvalue weighted by atomic mass is 9.99. The van der Waals surface area contributed by atoms with Gasteiger partial charge >= 0.3 is 0 Å². The fraction of sp³-hybridized carbons (Fsp3) is 0.647. The second kappa shape index (κ2) is 8.66. The van der Waals surface area contributed by atoms with Crippen LogP contribution in [0.5, 0.6) is 5.75 Å². The van der Waals surface area contributed by atoms with Gasteiger partial charge in [-0.3, -0.25) is 0 Å². The average molecular weight is 309 g/mol. The summed E-state index contributed by atoms with van der Waals surface area (Å²) < 4.78 is 11.5. The lowest BCUT2D eigenvalue weighted by molar-refractivity contribution is 0.0470. The second-order valence-corrected chi connectivity index (χ2v) is 6.71. The lowest BCUT2D eigenvalue weighted by Gasteiger charge is -2.31. The molecule has 0 amide bonds. The summed E-state index contributed by atoms with van der Waals surface area (Å²) in [7, 11) is 1.75. The molecule has 21 heavy (non-hydrogen) atoms. The van der Waals surface area contributed by atoms with Crippen molar-refractivity contribution in [1.29, 1.82) is 0 Å². The van der Waals surface area contributed by atoms with E-state index in [-0.39, 0.29) is 0 Å². The zero-order chi connectivity index (χ0) is 15.1. The molecule has 0 saturated carbocycles. The van der Waals surface area contributed by atoms with Crippen molar-refractivity contribution in [2.24, 2.45) is 0 Å². The Bertz CT molecular complexity index is 433. The van der Waals surface area contributed by atoms with Gasteiger partial charge in [-0.05, 0) is 37.9 Å². The molecule has 0 radical (unpaired) electrons. The van der Waals surface area contributed by atoms with E-state index in [9.17, 15) is 0 Å². The summed E-state index contributed by atoms with van der Waals surface area (Å²) in [6.45, 7) is 6.23. The van der Waals surface area contributed by atoms with E-state index < -0.39 is 0 Å². The van der Waals surface area contributed by atoms with Gasteiger partial charge in [0.1, 0.15) is 5.75 Å². The van der Waals surface area contributed by atoms with Crippen molar-refractivity contribution in [2.75, 3.05) is 31.8 Å². The predicted octanol–water partition coefficient (Wildman–Crippen LogP) is 3.05. The number of hydrogen-bond acceptors (Lipinski definition) is 4. The average Bonchev–Trinajstić information content (AvgIpc) is 2.52. The van der Waals surface area contributed by atoms with Gasteiger partial charge in [-0.2, -0.15) is 11.8 Å². The third-order valence-electron chi connectivity index (χ3n) is 3.82. The number of thioether (sulfide) groups is 1. The molecule has 0 aliphatic carbocycles. The zero-order valence-corrected chi connectivity index (χ0v) is 14.2. The molecule has 1 N–H and O–H groups in total. The van der Waals surface area contributed by atoms with Gasteiger partial charge in [0.05, 0.1) is 19.8 Å². The highest BCUT2D eigenvalue weighted by molar-refractivity contribution is 7.99. The summed E-state index contributed by atoms with van der Waals surface area (Å²) >= 11 is 1.99. The van der Waals surface area contributed by atoms with Crippen LogP contribution in [-0.4, -0.2) is 43.9 Å². The van der Waals surface area contributed by atoms with Crippen LogP contribution in [0, 0.1) is 6.92 Å². The largest absolute Gasteiger partial charge is 0.496 e. The minimum Gasteiger partial charge on any atom is -0.496 e. The molecule has 1 aliphatic rings. The van der Waals surface area contributed by atoms with Crippen molar-refractivity contribution in [3.8, 4) is 5.75 Å². The molecule has 1 aromatic rings. The van der Waals surface area contributed by atoms with Gasteiger partial charge in [0.25, 0.3) is 0 Å². The lowest BCUT2D eigenvalue weighted by Crippen LogP contribution is -2.46. The molecule has 0 spiro atoms. The van der Waals surface area contributed by atoms with Crippen LogP contribution in [0.25, 0.3) is 0 Å². The van der Waals surface area contributed by atoms with Crippen LogP contribution < -0.4 is 10.1 Å². The molecule has 1 fully saturated rings. The summed E-state index contributed by atoms with van der Waals surface area (Å²) in [6.07, 6.45) is 2.39. The number of ether oxygens (including phenoxy) is 2. The molecule has 0 bridgehead atoms. The fourth-order valence-electron chi connectivity index (χ4n) is 2.71. The van der Waals surface area contributed by atoms with E-state index in [1.165, 1.54) is 11.1 Å². The highest BCUT2D eigenvalue weighted by atomic mass is 32.2. The molecule has 0 aromatic heterocycles. The Labute approximate surface area is 132 Å². The van der Waals surface area contributed by atoms with Crippen molar-refractivity contribution < 1.29 is 9.47 Å². The summed E-state index contributed by atoms with van der Waals surface area (Å²) in [6, 6.07) is 6.76. The first kappa shape index (κ1) is 16.7. The predicted molar refractivity (Wildman–Crippen MR) is 90.6 cm³/mol. The van der Waals surface area contributed by atoms with Crippen molar-refractivity contribution >= 4 is 11.8 Å². The first-order valence-corrected chi connectivity index (χ1v) is 8.96. The van der Waals surface area contributed by atoms with Gasteiger partial charge < -0.3 is 14.8 Å². The SMILES string of the molecule is CCCNC(Cc1cc(C)ccc1OC)C1CSCCO1. The quantitative estimate of drug-likeness (QED) is 0.838. The van der Waals surface area contributed by atoms with Crippen molar-refractivity contribution in [2.45, 2.75) is 38.8 Å². The van der Waals surface area contributed by atoms with Crippen LogP contribution >= 0.6 is 11.8 Å². The molecule has 2 atom stereocenters. The Morgan fingerprint density at radius 1 is 1.48 bits per heavy atom. The minimum atomic E-state index is 0.292. The summed E-state index contributed by atoms with van der Waals surface area (Å²) in [4.78, 5) is 0. The topological polar surface area (TPSA) is 30.5 Å². The molecular formula is C17H27NO2S. The monoisotopic (exact) mass is 309 g/mol. The van der Waals surface area contributed by atoms with Gasteiger partial charge in [-0.15, -0.1) is 0 Å². The summed E-state index contributed by atoms with van der Waals surface area (Å²) in [5.74, 6) is 3.17. The van der Waals surface area contributed by atoms with Crippen molar-refractivity contribution in [1.82, 2.24) is 5.32 Å². The second-order valence-electron chi connectivity index (χ2n) is 5.56. The Hall–Kier alpha value is -0.710. The maximum absolute atomic E-state index is 5.99. The summed E-state index contributed by atoms with van der Waals surface area (Å²) in [5.41, 5.74) is 2.55. The molecule has 118 valence electrons. The molecule has 1 saturated heterocycles. The highest BCUT2D eigenvalue weighted by Crippen LogP contribution is 2.24. The van der Waals surface area contributed by atoms with Crippen LogP contribution in [0.4, 0.5) is 0 Å². The third kappa shape index (κ3) is 4.90. The first-order valence-electron chi connectivity index (χ1n) is 7.80. The number of nitrogens with one attached hydrogen (secondary N) is 1. The molecule has 4 heteroatoms. The molecule has 1 heterocycles. The van der Waals surface area contributed by atoms with E-state index in [1.54, 1.807) is 7.11 Å². The van der Waals surface area contributed by atoms with E-state index in [2.05, 4.69) is 37.4 Å². The number of hydrogen-bond donors (Lipinski definition) is 1. The molecule has 1 aromatic carbocycles. The van der Waals surface area contributed by atoms with Gasteiger partial charge in [0.2, 0.25) is 0 Å². The maximum atomic E-state index is 5.99. The van der Waals surface area contributed by atoms with Crippen LogP contribution in [-0.2, 0) is 11.2 Å². The van der Waals surface area contributed by atoms with E-state index >= 15 is 0 Å². The van der Waals surface area contributed by atoms with Crippen LogP contribution in [0.3, 0.4) is 0 Å². The van der Waals surface area contributed by atoms with Gasteiger partial charge in [0, 0.05) is 17.5 Å². The molecule has 3 nitrogen and oxygen atoms in total. The molecule has 2 rings (SSSR count). The zero-order valence-electron chi connectivity index (χ0n) is 13.4. The summed E-state index contributed by atoms with van der Waals surface area (Å²) in [5, 5.41) is 3.66. The Kier molecular flexibility index (Phi) is 6.87. The molecular weight excluding hydrogens is 282 g/mol. The van der Waals surface area contributed by atoms with E-state index in [0.29, 0.717) is 12.1 Å². The molecule has 1 aliphatic heterocycles. The van der Waals surface area contributed by atoms with E-state index in [1.807, 2.05) is 11.8 Å². The van der Waals surface area contributed by atoms with Gasteiger partial charge in [-0.25, -0.2) is 0 Å². The standard InChI is InChI=1S/C17H27NO2S/c1-4-7-18-15(17-12-21-9-8-20-17)11-14-10-13(2)5-6-16(14)19-3/h5-6,10,15,17-18H,4,7-9,11-12H2,1-3H3. The van der Waals surface area contributed by atoms with Crippen molar-refractivity contribution in [3.63, 3.8) is 0 Å². The number of aryl methyl sites for hydroxylation is 1. The Balaban J connectivity index is 2.11. The van der Waals surface area contributed by atoms with Crippen LogP contribution in [0.1, 0.15) is 24.5 Å². The maximum Gasteiger partial charge on any atom is 0.122 e. The van der Waals surface area contributed by atoms with Gasteiger partial charge in [-0.1, -0.05) is 24.6 Å².